The van der Waals surface area contributed by atoms with Gasteiger partial charge in [-0.15, -0.1) is 0 Å². The first-order valence-electron chi connectivity index (χ1n) is 9.69. The summed E-state index contributed by atoms with van der Waals surface area (Å²) in [6.45, 7) is 5.91. The van der Waals surface area contributed by atoms with Crippen molar-refractivity contribution in [1.82, 2.24) is 10.2 Å². The summed E-state index contributed by atoms with van der Waals surface area (Å²) in [5, 5.41) is 3.95. The maximum absolute atomic E-state index is 6.12. The van der Waals surface area contributed by atoms with Crippen LogP contribution in [0.15, 0.2) is 48.5 Å². The summed E-state index contributed by atoms with van der Waals surface area (Å²) in [6.07, 6.45) is 5.11. The Hall–Kier alpha value is -1.84. The first kappa shape index (κ1) is 16.6. The molecule has 1 unspecified atom stereocenters. The smallest absolute Gasteiger partial charge is 0.132 e. The Morgan fingerprint density at radius 3 is 2.40 bits per heavy atom. The maximum atomic E-state index is 6.12. The lowest BCUT2D eigenvalue weighted by atomic mass is 9.92. The molecule has 2 heterocycles. The molecule has 1 atom stereocenters. The average molecular weight is 336 g/mol. The molecule has 3 heteroatoms. The Labute approximate surface area is 151 Å². The van der Waals surface area contributed by atoms with Crippen LogP contribution in [-0.4, -0.2) is 30.6 Å². The van der Waals surface area contributed by atoms with Gasteiger partial charge in [-0.1, -0.05) is 49.7 Å². The Morgan fingerprint density at radius 1 is 1.04 bits per heavy atom. The van der Waals surface area contributed by atoms with Crippen LogP contribution in [0.4, 0.5) is 0 Å². The first-order valence-corrected chi connectivity index (χ1v) is 9.69. The predicted octanol–water partition coefficient (Wildman–Crippen LogP) is 4.74. The molecule has 4 rings (SSSR count). The summed E-state index contributed by atoms with van der Waals surface area (Å²) in [7, 11) is 0. The third-order valence-corrected chi connectivity index (χ3v) is 5.42. The van der Waals surface area contributed by atoms with Crippen molar-refractivity contribution in [3.05, 3.63) is 59.7 Å². The zero-order chi connectivity index (χ0) is 17.1. The lowest BCUT2D eigenvalue weighted by Crippen LogP contribution is -2.47. The van der Waals surface area contributed by atoms with Crippen molar-refractivity contribution >= 4 is 0 Å². The third-order valence-electron chi connectivity index (χ3n) is 5.42. The van der Waals surface area contributed by atoms with Crippen LogP contribution in [0, 0.1) is 0 Å². The fourth-order valence-electron chi connectivity index (χ4n) is 4.10. The van der Waals surface area contributed by atoms with Crippen molar-refractivity contribution in [2.45, 2.75) is 44.7 Å². The number of para-hydroxylation sites is 2. The van der Waals surface area contributed by atoms with E-state index in [1.54, 1.807) is 0 Å². The molecule has 2 aliphatic rings. The maximum Gasteiger partial charge on any atom is 0.132 e. The van der Waals surface area contributed by atoms with Gasteiger partial charge in [-0.25, -0.2) is 0 Å². The lowest BCUT2D eigenvalue weighted by Gasteiger charge is -2.37. The molecule has 0 aliphatic carbocycles. The van der Waals surface area contributed by atoms with E-state index in [0.29, 0.717) is 6.04 Å². The van der Waals surface area contributed by atoms with Crippen LogP contribution in [0.25, 0.3) is 0 Å². The molecule has 0 bridgehead atoms. The van der Waals surface area contributed by atoms with Gasteiger partial charge in [-0.2, -0.15) is 0 Å². The molecule has 2 aromatic rings. The molecular formula is C22H28N2O. The second-order valence-electron chi connectivity index (χ2n) is 7.27. The topological polar surface area (TPSA) is 24.5 Å². The largest absolute Gasteiger partial charge is 0.457 e. The van der Waals surface area contributed by atoms with Gasteiger partial charge in [0.15, 0.2) is 0 Å². The van der Waals surface area contributed by atoms with Crippen LogP contribution < -0.4 is 10.1 Å². The number of unbranched alkanes of at least 4 members (excludes halogenated alkanes) is 1. The Morgan fingerprint density at radius 2 is 1.72 bits per heavy atom. The minimum absolute atomic E-state index is 0.220. The molecule has 1 fully saturated rings. The van der Waals surface area contributed by atoms with E-state index in [-0.39, 0.29) is 6.04 Å². The van der Waals surface area contributed by atoms with Crippen LogP contribution in [0.5, 0.6) is 11.5 Å². The minimum atomic E-state index is 0.220. The van der Waals surface area contributed by atoms with Gasteiger partial charge in [0.1, 0.15) is 11.5 Å². The zero-order valence-electron chi connectivity index (χ0n) is 15.1. The normalized spacial score (nSPS) is 20.6. The van der Waals surface area contributed by atoms with Crippen molar-refractivity contribution in [2.75, 3.05) is 19.6 Å². The molecule has 132 valence electrons. The summed E-state index contributed by atoms with van der Waals surface area (Å²) in [6, 6.07) is 17.6. The van der Waals surface area contributed by atoms with Gasteiger partial charge in [0.25, 0.3) is 0 Å². The van der Waals surface area contributed by atoms with Gasteiger partial charge in [0.05, 0.1) is 6.04 Å². The van der Waals surface area contributed by atoms with Crippen molar-refractivity contribution in [2.24, 2.45) is 0 Å². The quantitative estimate of drug-likeness (QED) is 0.854. The first-order chi connectivity index (χ1) is 12.3. The number of piperidine rings is 1. The second-order valence-corrected chi connectivity index (χ2v) is 7.27. The number of nitrogens with zero attached hydrogens (tertiary/aromatic N) is 1. The summed E-state index contributed by atoms with van der Waals surface area (Å²) in [5.41, 5.74) is 2.51. The summed E-state index contributed by atoms with van der Waals surface area (Å²) < 4.78 is 6.12. The highest BCUT2D eigenvalue weighted by molar-refractivity contribution is 5.52. The van der Waals surface area contributed by atoms with Gasteiger partial charge < -0.3 is 15.0 Å². The summed E-state index contributed by atoms with van der Waals surface area (Å²) in [4.78, 5) is 2.63. The van der Waals surface area contributed by atoms with Gasteiger partial charge >= 0.3 is 0 Å². The Balaban J connectivity index is 1.56. The van der Waals surface area contributed by atoms with E-state index in [2.05, 4.69) is 65.7 Å². The molecule has 0 saturated carbocycles. The van der Waals surface area contributed by atoms with Crippen LogP contribution in [-0.2, 0) is 0 Å². The Kier molecular flexibility index (Phi) is 5.04. The van der Waals surface area contributed by atoms with Gasteiger partial charge in [0.2, 0.25) is 0 Å². The monoisotopic (exact) mass is 336 g/mol. The van der Waals surface area contributed by atoms with E-state index in [0.717, 1.165) is 18.0 Å². The molecule has 0 radical (unpaired) electrons. The van der Waals surface area contributed by atoms with Gasteiger partial charge in [-0.05, 0) is 44.5 Å². The van der Waals surface area contributed by atoms with Crippen LogP contribution in [0.1, 0.15) is 49.8 Å². The number of benzene rings is 2. The van der Waals surface area contributed by atoms with E-state index in [1.807, 2.05) is 0 Å². The third kappa shape index (κ3) is 3.58. The number of ether oxygens (including phenoxy) is 1. The molecule has 2 aromatic carbocycles. The highest BCUT2D eigenvalue weighted by atomic mass is 16.5. The number of hydrogen-bond acceptors (Lipinski definition) is 3. The SMILES string of the molecule is CCCCN1CCCC(NC2c3ccccc3Oc3ccccc32)C1. The number of likely N-dealkylation sites (tertiary alicyclic amines) is 1. The number of nitrogens with one attached hydrogen (secondary N) is 1. The highest BCUT2D eigenvalue weighted by Crippen LogP contribution is 2.42. The second kappa shape index (κ2) is 7.59. The molecule has 2 aliphatic heterocycles. The van der Waals surface area contributed by atoms with E-state index >= 15 is 0 Å². The standard InChI is InChI=1S/C22H28N2O/c1-2-3-14-24-15-8-9-17(16-24)23-22-18-10-4-6-12-20(18)25-21-13-7-5-11-19(21)22/h4-7,10-13,17,22-23H,2-3,8-9,14-16H2,1H3. The summed E-state index contributed by atoms with van der Waals surface area (Å²) >= 11 is 0. The molecule has 0 aromatic heterocycles. The molecular weight excluding hydrogens is 308 g/mol. The van der Waals surface area contributed by atoms with Crippen molar-refractivity contribution < 1.29 is 4.74 Å². The fraction of sp³-hybridized carbons (Fsp3) is 0.455. The van der Waals surface area contributed by atoms with Crippen molar-refractivity contribution in [1.29, 1.82) is 0 Å². The zero-order valence-corrected chi connectivity index (χ0v) is 15.1. The van der Waals surface area contributed by atoms with Crippen LogP contribution in [0.3, 0.4) is 0 Å². The van der Waals surface area contributed by atoms with Crippen LogP contribution in [0.2, 0.25) is 0 Å². The number of rotatable bonds is 5. The highest BCUT2D eigenvalue weighted by Gasteiger charge is 2.30. The van der Waals surface area contributed by atoms with E-state index in [9.17, 15) is 0 Å². The summed E-state index contributed by atoms with van der Waals surface area (Å²) in [5.74, 6) is 1.97. The average Bonchev–Trinajstić information content (AvgIpc) is 2.66. The minimum Gasteiger partial charge on any atom is -0.457 e. The lowest BCUT2D eigenvalue weighted by molar-refractivity contribution is 0.182. The van der Waals surface area contributed by atoms with E-state index < -0.39 is 0 Å². The molecule has 3 nitrogen and oxygen atoms in total. The predicted molar refractivity (Wildman–Crippen MR) is 102 cm³/mol. The molecule has 0 spiro atoms. The molecule has 1 N–H and O–H groups in total. The van der Waals surface area contributed by atoms with E-state index in [4.69, 9.17) is 4.74 Å². The van der Waals surface area contributed by atoms with Crippen LogP contribution >= 0.6 is 0 Å². The Bertz CT molecular complexity index is 669. The molecule has 1 saturated heterocycles. The van der Waals surface area contributed by atoms with Crippen molar-refractivity contribution in [3.8, 4) is 11.5 Å². The molecule has 0 amide bonds. The van der Waals surface area contributed by atoms with Gasteiger partial charge in [-0.3, -0.25) is 0 Å². The fourth-order valence-corrected chi connectivity index (χ4v) is 4.10. The molecule has 25 heavy (non-hydrogen) atoms. The number of fused-ring (bicyclic) bond motifs is 2. The van der Waals surface area contributed by atoms with Gasteiger partial charge in [0, 0.05) is 23.7 Å². The van der Waals surface area contributed by atoms with E-state index in [1.165, 1.54) is 49.9 Å². The number of hydrogen-bond donors (Lipinski definition) is 1. The van der Waals surface area contributed by atoms with Crippen molar-refractivity contribution in [3.63, 3.8) is 0 Å².